The second-order valence-corrected chi connectivity index (χ2v) is 3.11. The first-order chi connectivity index (χ1) is 5.77. The lowest BCUT2D eigenvalue weighted by molar-refractivity contribution is 0.179. The number of aliphatic hydroxyl groups excluding tert-OH is 1. The van der Waals surface area contributed by atoms with Gasteiger partial charge in [-0.2, -0.15) is 5.26 Å². The lowest BCUT2D eigenvalue weighted by atomic mass is 10.4. The number of aliphatic hydroxyl groups is 1. The predicted octanol–water partition coefficient (Wildman–Crippen LogP) is 1.12. The molecule has 0 spiro atoms. The van der Waals surface area contributed by atoms with E-state index in [1.807, 2.05) is 6.07 Å². The Bertz CT molecular complexity index is 289. The first-order valence-electron chi connectivity index (χ1n) is 3.57. The summed E-state index contributed by atoms with van der Waals surface area (Å²) in [6.45, 7) is 0.459. The van der Waals surface area contributed by atoms with Gasteiger partial charge in [0.15, 0.2) is 0 Å². The number of hydrogen-bond donors (Lipinski definition) is 1. The molecule has 0 saturated heterocycles. The van der Waals surface area contributed by atoms with Crippen molar-refractivity contribution < 1.29 is 5.11 Å². The van der Waals surface area contributed by atoms with Gasteiger partial charge in [0.1, 0.15) is 11.8 Å². The number of nitrogens with zero attached hydrogens (tertiary/aromatic N) is 2. The number of nitriles is 1. The summed E-state index contributed by atoms with van der Waals surface area (Å²) in [5.74, 6) is 0. The number of rotatable bonds is 3. The lowest BCUT2D eigenvalue weighted by Gasteiger charge is -2.08. The van der Waals surface area contributed by atoms with E-state index < -0.39 is 6.10 Å². The zero-order valence-electron chi connectivity index (χ0n) is 6.44. The van der Waals surface area contributed by atoms with Crippen molar-refractivity contribution in [3.8, 4) is 6.07 Å². The number of hydrogen-bond acceptors (Lipinski definition) is 2. The van der Waals surface area contributed by atoms with Gasteiger partial charge in [-0.05, 0) is 12.1 Å². The van der Waals surface area contributed by atoms with Gasteiger partial charge in [-0.25, -0.2) is 0 Å². The lowest BCUT2D eigenvalue weighted by Crippen LogP contribution is -2.17. The molecule has 1 rings (SSSR count). The van der Waals surface area contributed by atoms with E-state index in [9.17, 15) is 5.11 Å². The van der Waals surface area contributed by atoms with Crippen molar-refractivity contribution in [2.24, 2.45) is 0 Å². The van der Waals surface area contributed by atoms with Crippen LogP contribution in [0.3, 0.4) is 0 Å². The number of aromatic nitrogens is 1. The minimum atomic E-state index is -0.440. The van der Waals surface area contributed by atoms with Gasteiger partial charge in [-0.3, -0.25) is 0 Å². The van der Waals surface area contributed by atoms with Gasteiger partial charge in [0.05, 0.1) is 12.6 Å². The third-order valence-corrected chi connectivity index (χ3v) is 2.28. The summed E-state index contributed by atoms with van der Waals surface area (Å²) in [5, 5.41) is 18.4. The molecule has 0 radical (unpaired) electrons. The minimum Gasteiger partial charge on any atom is -0.390 e. The maximum absolute atomic E-state index is 9.27. The van der Waals surface area contributed by atoms with Gasteiger partial charge in [0.2, 0.25) is 0 Å². The fourth-order valence-electron chi connectivity index (χ4n) is 0.951. The summed E-state index contributed by atoms with van der Waals surface area (Å²) < 4.78 is 1.73. The standard InChI is InChI=1S/C8H9BrN2O/c9-4-8(12)6-11-3-1-2-7(11)5-10/h1-3,8,12H,4,6H2. The molecule has 0 fully saturated rings. The molecule has 1 unspecified atom stereocenters. The van der Waals surface area contributed by atoms with E-state index in [2.05, 4.69) is 15.9 Å². The van der Waals surface area contributed by atoms with E-state index in [1.54, 1.807) is 22.9 Å². The van der Waals surface area contributed by atoms with E-state index in [0.717, 1.165) is 0 Å². The van der Waals surface area contributed by atoms with Crippen LogP contribution in [0.15, 0.2) is 18.3 Å². The molecule has 1 N–H and O–H groups in total. The largest absolute Gasteiger partial charge is 0.390 e. The summed E-state index contributed by atoms with van der Waals surface area (Å²) in [7, 11) is 0. The molecule has 64 valence electrons. The van der Waals surface area contributed by atoms with Crippen molar-refractivity contribution in [1.82, 2.24) is 4.57 Å². The normalized spacial score (nSPS) is 12.4. The van der Waals surface area contributed by atoms with Gasteiger partial charge in [0.25, 0.3) is 0 Å². The van der Waals surface area contributed by atoms with Crippen LogP contribution in [0.5, 0.6) is 0 Å². The van der Waals surface area contributed by atoms with Crippen molar-refractivity contribution in [3.05, 3.63) is 24.0 Å². The van der Waals surface area contributed by atoms with Gasteiger partial charge in [0, 0.05) is 11.5 Å². The quantitative estimate of drug-likeness (QED) is 0.789. The summed E-state index contributed by atoms with van der Waals surface area (Å²) in [6, 6.07) is 5.56. The second-order valence-electron chi connectivity index (χ2n) is 2.47. The van der Waals surface area contributed by atoms with E-state index >= 15 is 0 Å². The fraction of sp³-hybridized carbons (Fsp3) is 0.375. The SMILES string of the molecule is N#Cc1cccn1CC(O)CBr. The first kappa shape index (κ1) is 9.30. The third kappa shape index (κ3) is 2.10. The van der Waals surface area contributed by atoms with Crippen molar-refractivity contribution in [3.63, 3.8) is 0 Å². The Balaban J connectivity index is 2.69. The fourth-order valence-corrected chi connectivity index (χ4v) is 1.16. The van der Waals surface area contributed by atoms with Gasteiger partial charge >= 0.3 is 0 Å². The highest BCUT2D eigenvalue weighted by molar-refractivity contribution is 9.09. The highest BCUT2D eigenvalue weighted by Gasteiger charge is 2.05. The number of halogens is 1. The molecule has 1 atom stereocenters. The molecule has 3 nitrogen and oxygen atoms in total. The molecule has 0 amide bonds. The average molecular weight is 229 g/mol. The molecule has 0 aliphatic heterocycles. The highest BCUT2D eigenvalue weighted by Crippen LogP contribution is 2.03. The molecule has 0 bridgehead atoms. The van der Waals surface area contributed by atoms with Crippen LogP contribution >= 0.6 is 15.9 Å². The first-order valence-corrected chi connectivity index (χ1v) is 4.69. The Morgan fingerprint density at radius 2 is 2.50 bits per heavy atom. The molecule has 1 aromatic rings. The molecular formula is C8H9BrN2O. The molecule has 12 heavy (non-hydrogen) atoms. The predicted molar refractivity (Wildman–Crippen MR) is 48.9 cm³/mol. The molecule has 0 aromatic carbocycles. The van der Waals surface area contributed by atoms with E-state index in [4.69, 9.17) is 5.26 Å². The molecule has 0 saturated carbocycles. The molecule has 1 heterocycles. The molecule has 1 aromatic heterocycles. The molecule has 0 aliphatic carbocycles. The van der Waals surface area contributed by atoms with Crippen LogP contribution in [0.2, 0.25) is 0 Å². The molecule has 4 heteroatoms. The van der Waals surface area contributed by atoms with E-state index in [1.165, 1.54) is 0 Å². The van der Waals surface area contributed by atoms with Gasteiger partial charge < -0.3 is 9.67 Å². The van der Waals surface area contributed by atoms with Crippen LogP contribution in [0.25, 0.3) is 0 Å². The smallest absolute Gasteiger partial charge is 0.120 e. The Morgan fingerprint density at radius 1 is 1.75 bits per heavy atom. The maximum Gasteiger partial charge on any atom is 0.120 e. The summed E-state index contributed by atoms with van der Waals surface area (Å²) in [5.41, 5.74) is 0.579. The van der Waals surface area contributed by atoms with Crippen LogP contribution in [-0.4, -0.2) is 21.1 Å². The average Bonchev–Trinajstić information content (AvgIpc) is 2.51. The van der Waals surface area contributed by atoms with Crippen molar-refractivity contribution in [1.29, 1.82) is 5.26 Å². The second kappa shape index (κ2) is 4.29. The van der Waals surface area contributed by atoms with Crippen molar-refractivity contribution >= 4 is 15.9 Å². The number of alkyl halides is 1. The Labute approximate surface area is 79.4 Å². The van der Waals surface area contributed by atoms with Crippen LogP contribution in [0, 0.1) is 11.3 Å². The zero-order valence-corrected chi connectivity index (χ0v) is 8.03. The van der Waals surface area contributed by atoms with Gasteiger partial charge in [-0.15, -0.1) is 0 Å². The third-order valence-electron chi connectivity index (χ3n) is 1.53. The van der Waals surface area contributed by atoms with E-state index in [-0.39, 0.29) is 0 Å². The van der Waals surface area contributed by atoms with E-state index in [0.29, 0.717) is 17.6 Å². The monoisotopic (exact) mass is 228 g/mol. The van der Waals surface area contributed by atoms with Crippen LogP contribution in [0.1, 0.15) is 5.69 Å². The Morgan fingerprint density at radius 3 is 3.08 bits per heavy atom. The Hall–Kier alpha value is -0.790. The van der Waals surface area contributed by atoms with Crippen molar-refractivity contribution in [2.45, 2.75) is 12.6 Å². The highest BCUT2D eigenvalue weighted by atomic mass is 79.9. The minimum absolute atomic E-state index is 0.440. The summed E-state index contributed by atoms with van der Waals surface area (Å²) in [6.07, 6.45) is 1.34. The van der Waals surface area contributed by atoms with Crippen LogP contribution in [0.4, 0.5) is 0 Å². The zero-order chi connectivity index (χ0) is 8.97. The van der Waals surface area contributed by atoms with Crippen LogP contribution in [-0.2, 0) is 6.54 Å². The summed E-state index contributed by atoms with van der Waals surface area (Å²) in [4.78, 5) is 0. The van der Waals surface area contributed by atoms with Crippen molar-refractivity contribution in [2.75, 3.05) is 5.33 Å². The molecular weight excluding hydrogens is 220 g/mol. The topological polar surface area (TPSA) is 49.0 Å². The maximum atomic E-state index is 9.27. The molecule has 0 aliphatic rings. The van der Waals surface area contributed by atoms with Crippen LogP contribution < -0.4 is 0 Å². The van der Waals surface area contributed by atoms with Gasteiger partial charge in [-0.1, -0.05) is 15.9 Å². The Kier molecular flexibility index (Phi) is 3.32. The summed E-state index contributed by atoms with van der Waals surface area (Å²) >= 11 is 3.16.